The maximum Gasteiger partial charge on any atom is 0.329 e. The van der Waals surface area contributed by atoms with Crippen molar-refractivity contribution in [3.05, 3.63) is 53.0 Å². The van der Waals surface area contributed by atoms with E-state index in [1.807, 2.05) is 22.8 Å². The van der Waals surface area contributed by atoms with Crippen LogP contribution < -0.4 is 10.6 Å². The lowest BCUT2D eigenvalue weighted by Gasteiger charge is -2.35. The Kier molecular flexibility index (Phi) is 6.20. The summed E-state index contributed by atoms with van der Waals surface area (Å²) >= 11 is 0. The Morgan fingerprint density at radius 2 is 1.89 bits per heavy atom. The van der Waals surface area contributed by atoms with Crippen molar-refractivity contribution >= 4 is 27.8 Å². The molecule has 8 nitrogen and oxygen atoms in total. The molecule has 0 unspecified atom stereocenters. The third-order valence-corrected chi connectivity index (χ3v) is 8.08. The van der Waals surface area contributed by atoms with Crippen molar-refractivity contribution in [2.45, 2.75) is 37.8 Å². The molecule has 0 amide bonds. The van der Waals surface area contributed by atoms with Gasteiger partial charge in [0.2, 0.25) is 0 Å². The van der Waals surface area contributed by atoms with E-state index in [0.717, 1.165) is 61.0 Å². The number of ether oxygens (including phenoxy) is 1. The normalized spacial score (nSPS) is 19.4. The van der Waals surface area contributed by atoms with Crippen LogP contribution in [0.25, 0.3) is 33.1 Å². The molecule has 9 heteroatoms. The Morgan fingerprint density at radius 3 is 2.57 bits per heavy atom. The fourth-order valence-electron chi connectivity index (χ4n) is 5.88. The van der Waals surface area contributed by atoms with Gasteiger partial charge in [-0.3, -0.25) is 14.1 Å². The van der Waals surface area contributed by atoms with Gasteiger partial charge in [-0.05, 0) is 58.0 Å². The smallest absolute Gasteiger partial charge is 0.329 e. The molecule has 4 aromatic rings. The molecular weight excluding hydrogens is 471 g/mol. The SMILES string of the molecule is CN(C)C1CCN(c2ccc(-c3cc4c(cc3F)ncc3c4n([C@@H]4CCCOC4)c(=O)n3C)cn2)CC1. The van der Waals surface area contributed by atoms with Gasteiger partial charge in [-0.1, -0.05) is 0 Å². The van der Waals surface area contributed by atoms with Crippen molar-refractivity contribution in [1.29, 1.82) is 0 Å². The quantitative estimate of drug-likeness (QED) is 0.419. The number of aromatic nitrogens is 4. The Bertz CT molecular complexity index is 1500. The van der Waals surface area contributed by atoms with Crippen LogP contribution >= 0.6 is 0 Å². The molecule has 1 aromatic carbocycles. The van der Waals surface area contributed by atoms with E-state index in [1.165, 1.54) is 6.07 Å². The molecule has 2 fully saturated rings. The molecule has 0 spiro atoms. The predicted molar refractivity (Wildman–Crippen MR) is 144 cm³/mol. The van der Waals surface area contributed by atoms with E-state index in [1.54, 1.807) is 24.0 Å². The number of fused-ring (bicyclic) bond motifs is 3. The van der Waals surface area contributed by atoms with Crippen LogP contribution in [0.4, 0.5) is 10.2 Å². The summed E-state index contributed by atoms with van der Waals surface area (Å²) in [6, 6.07) is 7.74. The van der Waals surface area contributed by atoms with E-state index < -0.39 is 0 Å². The van der Waals surface area contributed by atoms with Gasteiger partial charge in [-0.25, -0.2) is 14.2 Å². The number of piperidine rings is 1. The van der Waals surface area contributed by atoms with Crippen LogP contribution in [0, 0.1) is 5.82 Å². The average molecular weight is 505 g/mol. The number of nitrogens with zero attached hydrogens (tertiary/aromatic N) is 6. The maximum absolute atomic E-state index is 15.3. The number of hydrogen-bond acceptors (Lipinski definition) is 6. The highest BCUT2D eigenvalue weighted by molar-refractivity contribution is 6.04. The van der Waals surface area contributed by atoms with Gasteiger partial charge < -0.3 is 14.5 Å². The monoisotopic (exact) mass is 504 g/mol. The molecule has 6 rings (SSSR count). The fraction of sp³-hybridized carbons (Fsp3) is 0.464. The number of halogens is 1. The number of aryl methyl sites for hydroxylation is 1. The lowest BCUT2D eigenvalue weighted by Crippen LogP contribution is -2.42. The molecule has 0 radical (unpaired) electrons. The highest BCUT2D eigenvalue weighted by Crippen LogP contribution is 2.33. The zero-order valence-corrected chi connectivity index (χ0v) is 21.7. The molecule has 0 saturated carbocycles. The molecule has 2 aliphatic heterocycles. The van der Waals surface area contributed by atoms with Crippen molar-refractivity contribution in [1.82, 2.24) is 24.0 Å². The van der Waals surface area contributed by atoms with Crippen LogP contribution in [-0.4, -0.2) is 70.4 Å². The Morgan fingerprint density at radius 1 is 1.08 bits per heavy atom. The first kappa shape index (κ1) is 24.1. The summed E-state index contributed by atoms with van der Waals surface area (Å²) in [5.41, 5.74) is 3.09. The molecule has 5 heterocycles. The first-order valence-corrected chi connectivity index (χ1v) is 13.1. The number of rotatable bonds is 4. The maximum atomic E-state index is 15.3. The molecule has 194 valence electrons. The van der Waals surface area contributed by atoms with Crippen molar-refractivity contribution in [3.63, 3.8) is 0 Å². The Hall–Kier alpha value is -3.30. The van der Waals surface area contributed by atoms with Crippen molar-refractivity contribution < 1.29 is 9.13 Å². The third-order valence-electron chi connectivity index (χ3n) is 8.08. The van der Waals surface area contributed by atoms with E-state index in [0.29, 0.717) is 35.9 Å². The molecule has 2 aliphatic rings. The third kappa shape index (κ3) is 4.20. The van der Waals surface area contributed by atoms with E-state index >= 15 is 4.39 Å². The summed E-state index contributed by atoms with van der Waals surface area (Å²) in [5.74, 6) is 0.562. The number of hydrogen-bond donors (Lipinski definition) is 0. The summed E-state index contributed by atoms with van der Waals surface area (Å²) in [4.78, 5) is 27.0. The van der Waals surface area contributed by atoms with Gasteiger partial charge in [0, 0.05) is 61.6 Å². The van der Waals surface area contributed by atoms with Crippen LogP contribution in [0.2, 0.25) is 0 Å². The lowest BCUT2D eigenvalue weighted by atomic mass is 10.0. The number of imidazole rings is 1. The molecular formula is C28H33FN6O2. The largest absolute Gasteiger partial charge is 0.379 e. The van der Waals surface area contributed by atoms with Crippen molar-refractivity contribution in [2.75, 3.05) is 45.3 Å². The van der Waals surface area contributed by atoms with Crippen molar-refractivity contribution in [2.24, 2.45) is 7.05 Å². The summed E-state index contributed by atoms with van der Waals surface area (Å²) in [6.45, 7) is 3.12. The first-order valence-electron chi connectivity index (χ1n) is 13.1. The molecule has 1 atom stereocenters. The molecule has 0 bridgehead atoms. The van der Waals surface area contributed by atoms with Gasteiger partial charge >= 0.3 is 5.69 Å². The molecule has 2 saturated heterocycles. The summed E-state index contributed by atoms with van der Waals surface area (Å²) in [7, 11) is 6.02. The number of benzene rings is 1. The van der Waals surface area contributed by atoms with Gasteiger partial charge in [0.05, 0.1) is 35.4 Å². The van der Waals surface area contributed by atoms with Gasteiger partial charge in [0.25, 0.3) is 0 Å². The Balaban J connectivity index is 1.40. The average Bonchev–Trinajstić information content (AvgIpc) is 3.18. The Labute approximate surface area is 215 Å². The number of pyridine rings is 2. The first-order chi connectivity index (χ1) is 17.9. The summed E-state index contributed by atoms with van der Waals surface area (Å²) in [6.07, 6.45) is 7.38. The standard InChI is InChI=1S/C28H33FN6O2/c1-32(2)19-8-10-34(11-9-19)26-7-6-18(15-31-26)21-13-22-24(14-23(21)29)30-16-25-27(22)35(28(36)33(25)3)20-5-4-12-37-17-20/h6-7,13-16,19-20H,4-5,8-12,17H2,1-3H3/t20-/m1/s1. The van der Waals surface area contributed by atoms with E-state index in [2.05, 4.69) is 28.9 Å². The number of anilines is 1. The van der Waals surface area contributed by atoms with Crippen molar-refractivity contribution in [3.8, 4) is 11.1 Å². The predicted octanol–water partition coefficient (Wildman–Crippen LogP) is 3.97. The summed E-state index contributed by atoms with van der Waals surface area (Å²) in [5, 5.41) is 0.756. The van der Waals surface area contributed by atoms with Gasteiger partial charge in [-0.2, -0.15) is 0 Å². The minimum absolute atomic E-state index is 0.0540. The molecule has 37 heavy (non-hydrogen) atoms. The second-order valence-corrected chi connectivity index (χ2v) is 10.5. The lowest BCUT2D eigenvalue weighted by molar-refractivity contribution is 0.0593. The van der Waals surface area contributed by atoms with E-state index in [9.17, 15) is 4.79 Å². The second-order valence-electron chi connectivity index (χ2n) is 10.5. The minimum atomic E-state index is -0.355. The fourth-order valence-corrected chi connectivity index (χ4v) is 5.88. The van der Waals surface area contributed by atoms with Gasteiger partial charge in [-0.15, -0.1) is 0 Å². The molecule has 0 N–H and O–H groups in total. The highest BCUT2D eigenvalue weighted by atomic mass is 19.1. The van der Waals surface area contributed by atoms with Crippen LogP contribution in [-0.2, 0) is 11.8 Å². The van der Waals surface area contributed by atoms with Crippen LogP contribution in [0.3, 0.4) is 0 Å². The zero-order chi connectivity index (χ0) is 25.7. The summed E-state index contributed by atoms with van der Waals surface area (Å²) < 4.78 is 24.5. The topological polar surface area (TPSA) is 68.4 Å². The minimum Gasteiger partial charge on any atom is -0.379 e. The zero-order valence-electron chi connectivity index (χ0n) is 21.7. The second kappa shape index (κ2) is 9.54. The van der Waals surface area contributed by atoms with Gasteiger partial charge in [0.15, 0.2) is 0 Å². The van der Waals surface area contributed by atoms with Crippen LogP contribution in [0.15, 0.2) is 41.5 Å². The highest BCUT2D eigenvalue weighted by Gasteiger charge is 2.25. The molecule has 0 aliphatic carbocycles. The van der Waals surface area contributed by atoms with E-state index in [4.69, 9.17) is 9.72 Å². The van der Waals surface area contributed by atoms with Crippen LogP contribution in [0.1, 0.15) is 31.7 Å². The van der Waals surface area contributed by atoms with E-state index in [-0.39, 0.29) is 17.5 Å². The molecule has 3 aromatic heterocycles. The van der Waals surface area contributed by atoms with Crippen LogP contribution in [0.5, 0.6) is 0 Å². The van der Waals surface area contributed by atoms with Gasteiger partial charge in [0.1, 0.15) is 11.6 Å².